The number of rotatable bonds is 1. The molecule has 1 fully saturated rings. The minimum atomic E-state index is -0.252. The first-order valence-corrected chi connectivity index (χ1v) is 4.95. The van der Waals surface area contributed by atoms with E-state index in [9.17, 15) is 0 Å². The lowest BCUT2D eigenvalue weighted by atomic mass is 9.90. The maximum Gasteiger partial charge on any atom is 0.0963 e. The van der Waals surface area contributed by atoms with Gasteiger partial charge in [0.1, 0.15) is 0 Å². The molecular formula is C10H13ClO2. The monoisotopic (exact) mass is 200 g/mol. The van der Waals surface area contributed by atoms with Crippen LogP contribution in [0.4, 0.5) is 0 Å². The van der Waals surface area contributed by atoms with E-state index in [2.05, 4.69) is 6.92 Å². The predicted molar refractivity (Wildman–Crippen MR) is 50.9 cm³/mol. The summed E-state index contributed by atoms with van der Waals surface area (Å²) in [6, 6.07) is 1.94. The third kappa shape index (κ3) is 1.74. The van der Waals surface area contributed by atoms with Gasteiger partial charge in [0.15, 0.2) is 0 Å². The molecule has 0 radical (unpaired) electrons. The van der Waals surface area contributed by atoms with E-state index in [1.807, 2.05) is 6.07 Å². The Morgan fingerprint density at radius 3 is 3.08 bits per heavy atom. The first kappa shape index (κ1) is 9.10. The zero-order valence-corrected chi connectivity index (χ0v) is 8.38. The summed E-state index contributed by atoms with van der Waals surface area (Å²) in [7, 11) is 0. The van der Waals surface area contributed by atoms with Gasteiger partial charge in [-0.2, -0.15) is 0 Å². The zero-order chi connectivity index (χ0) is 9.31. The molecule has 72 valence electrons. The summed E-state index contributed by atoms with van der Waals surface area (Å²) in [6.07, 6.45) is 5.19. The second kappa shape index (κ2) is 3.35. The predicted octanol–water partition coefficient (Wildman–Crippen LogP) is 2.91. The molecule has 2 heterocycles. The second-order valence-corrected chi connectivity index (χ2v) is 4.30. The topological polar surface area (TPSA) is 22.4 Å². The highest BCUT2D eigenvalue weighted by Gasteiger charge is 2.34. The molecule has 3 heteroatoms. The van der Waals surface area contributed by atoms with E-state index in [1.165, 1.54) is 0 Å². The van der Waals surface area contributed by atoms with Gasteiger partial charge in [-0.15, -0.1) is 11.6 Å². The fourth-order valence-electron chi connectivity index (χ4n) is 1.76. The van der Waals surface area contributed by atoms with E-state index in [-0.39, 0.29) is 11.0 Å². The lowest BCUT2D eigenvalue weighted by molar-refractivity contribution is -0.0687. The molecule has 0 aromatic carbocycles. The van der Waals surface area contributed by atoms with Crippen molar-refractivity contribution < 1.29 is 9.15 Å². The Kier molecular flexibility index (Phi) is 2.35. The first-order chi connectivity index (χ1) is 6.21. The Morgan fingerprint density at radius 1 is 1.62 bits per heavy atom. The van der Waals surface area contributed by atoms with Gasteiger partial charge in [-0.25, -0.2) is 0 Å². The van der Waals surface area contributed by atoms with Gasteiger partial charge in [-0.3, -0.25) is 0 Å². The molecule has 2 unspecified atom stereocenters. The number of furan rings is 1. The summed E-state index contributed by atoms with van der Waals surface area (Å²) >= 11 is 6.11. The summed E-state index contributed by atoms with van der Waals surface area (Å²) in [6.45, 7) is 2.79. The largest absolute Gasteiger partial charge is 0.472 e. The van der Waals surface area contributed by atoms with Gasteiger partial charge >= 0.3 is 0 Å². The highest BCUT2D eigenvalue weighted by Crippen LogP contribution is 2.36. The fraction of sp³-hybridized carbons (Fsp3) is 0.600. The van der Waals surface area contributed by atoms with E-state index in [1.54, 1.807) is 12.5 Å². The Labute approximate surface area is 82.8 Å². The molecule has 13 heavy (non-hydrogen) atoms. The summed E-state index contributed by atoms with van der Waals surface area (Å²) in [5.74, 6) is 0. The molecule has 1 aromatic heterocycles. The molecule has 2 atom stereocenters. The lowest BCUT2D eigenvalue weighted by Crippen LogP contribution is -2.34. The summed E-state index contributed by atoms with van der Waals surface area (Å²) < 4.78 is 10.8. The van der Waals surface area contributed by atoms with Gasteiger partial charge in [-0.05, 0) is 25.8 Å². The first-order valence-electron chi connectivity index (χ1n) is 4.51. The molecular weight excluding hydrogens is 188 g/mol. The lowest BCUT2D eigenvalue weighted by Gasteiger charge is -2.35. The molecule has 1 aliphatic rings. The van der Waals surface area contributed by atoms with E-state index >= 15 is 0 Å². The minimum Gasteiger partial charge on any atom is -0.472 e. The summed E-state index contributed by atoms with van der Waals surface area (Å²) in [5, 5.41) is 0.216. The van der Waals surface area contributed by atoms with Crippen molar-refractivity contribution >= 4 is 11.6 Å². The van der Waals surface area contributed by atoms with E-state index in [4.69, 9.17) is 20.8 Å². The van der Waals surface area contributed by atoms with Gasteiger partial charge in [0.25, 0.3) is 0 Å². The van der Waals surface area contributed by atoms with Crippen LogP contribution in [-0.4, -0.2) is 12.0 Å². The van der Waals surface area contributed by atoms with Crippen molar-refractivity contribution in [2.45, 2.75) is 30.7 Å². The van der Waals surface area contributed by atoms with Gasteiger partial charge in [0, 0.05) is 17.5 Å². The molecule has 1 aliphatic heterocycles. The van der Waals surface area contributed by atoms with Crippen molar-refractivity contribution in [1.29, 1.82) is 0 Å². The van der Waals surface area contributed by atoms with Crippen LogP contribution in [0.3, 0.4) is 0 Å². The van der Waals surface area contributed by atoms with Crippen LogP contribution in [-0.2, 0) is 10.3 Å². The van der Waals surface area contributed by atoms with Crippen LogP contribution in [0.15, 0.2) is 23.0 Å². The highest BCUT2D eigenvalue weighted by molar-refractivity contribution is 6.20. The number of ether oxygens (including phenoxy) is 1. The maximum atomic E-state index is 6.11. The van der Waals surface area contributed by atoms with Crippen LogP contribution in [0.2, 0.25) is 0 Å². The molecule has 1 saturated heterocycles. The Bertz CT molecular complexity index is 270. The Hall–Kier alpha value is -0.470. The maximum absolute atomic E-state index is 6.11. The zero-order valence-electron chi connectivity index (χ0n) is 7.63. The average Bonchev–Trinajstić information content (AvgIpc) is 2.55. The SMILES string of the molecule is CC1(c2ccoc2)CC(Cl)CCO1. The highest BCUT2D eigenvalue weighted by atomic mass is 35.5. The average molecular weight is 201 g/mol. The van der Waals surface area contributed by atoms with E-state index in [0.29, 0.717) is 0 Å². The Morgan fingerprint density at radius 2 is 2.46 bits per heavy atom. The van der Waals surface area contributed by atoms with Crippen LogP contribution in [0.1, 0.15) is 25.3 Å². The summed E-state index contributed by atoms with van der Waals surface area (Å²) in [4.78, 5) is 0. The minimum absolute atomic E-state index is 0.216. The smallest absolute Gasteiger partial charge is 0.0963 e. The van der Waals surface area contributed by atoms with Crippen LogP contribution in [0, 0.1) is 0 Å². The Balaban J connectivity index is 2.20. The molecule has 2 rings (SSSR count). The van der Waals surface area contributed by atoms with Crippen molar-refractivity contribution in [3.8, 4) is 0 Å². The van der Waals surface area contributed by atoms with Gasteiger partial charge in [0.2, 0.25) is 0 Å². The molecule has 2 nitrogen and oxygen atoms in total. The number of alkyl halides is 1. The standard InChI is InChI=1S/C10H13ClO2/c1-10(8-2-4-12-7-8)6-9(11)3-5-13-10/h2,4,7,9H,3,5-6H2,1H3. The fourth-order valence-corrected chi connectivity index (χ4v) is 2.15. The normalized spacial score (nSPS) is 34.8. The van der Waals surface area contributed by atoms with Crippen molar-refractivity contribution in [2.24, 2.45) is 0 Å². The molecule has 0 aliphatic carbocycles. The van der Waals surface area contributed by atoms with Crippen LogP contribution >= 0.6 is 11.6 Å². The number of halogens is 1. The van der Waals surface area contributed by atoms with Gasteiger partial charge in [0.05, 0.1) is 18.1 Å². The van der Waals surface area contributed by atoms with Gasteiger partial charge < -0.3 is 9.15 Å². The van der Waals surface area contributed by atoms with Crippen LogP contribution in [0.5, 0.6) is 0 Å². The molecule has 0 amide bonds. The van der Waals surface area contributed by atoms with Crippen molar-refractivity contribution in [3.05, 3.63) is 24.2 Å². The van der Waals surface area contributed by atoms with Crippen LogP contribution in [0.25, 0.3) is 0 Å². The second-order valence-electron chi connectivity index (χ2n) is 3.68. The third-order valence-electron chi connectivity index (χ3n) is 2.59. The summed E-state index contributed by atoms with van der Waals surface area (Å²) in [5.41, 5.74) is 0.829. The van der Waals surface area contributed by atoms with Crippen LogP contribution < -0.4 is 0 Å². The number of hydrogen-bond donors (Lipinski definition) is 0. The molecule has 0 bridgehead atoms. The van der Waals surface area contributed by atoms with Crippen molar-refractivity contribution in [3.63, 3.8) is 0 Å². The molecule has 0 saturated carbocycles. The number of hydrogen-bond acceptors (Lipinski definition) is 2. The molecule has 1 aromatic rings. The van der Waals surface area contributed by atoms with Crippen molar-refractivity contribution in [1.82, 2.24) is 0 Å². The molecule has 0 N–H and O–H groups in total. The van der Waals surface area contributed by atoms with Gasteiger partial charge in [-0.1, -0.05) is 0 Å². The quantitative estimate of drug-likeness (QED) is 0.651. The third-order valence-corrected chi connectivity index (χ3v) is 2.97. The van der Waals surface area contributed by atoms with E-state index in [0.717, 1.165) is 25.0 Å². The van der Waals surface area contributed by atoms with E-state index < -0.39 is 0 Å². The van der Waals surface area contributed by atoms with Crippen molar-refractivity contribution in [2.75, 3.05) is 6.61 Å². The molecule has 0 spiro atoms.